The zero-order valence-corrected chi connectivity index (χ0v) is 21.6. The first-order valence-corrected chi connectivity index (χ1v) is 12.6. The van der Waals surface area contributed by atoms with Crippen molar-refractivity contribution in [2.45, 2.75) is 64.7 Å². The minimum atomic E-state index is -0.928. The summed E-state index contributed by atoms with van der Waals surface area (Å²) in [5, 5.41) is 19.2. The maximum absolute atomic E-state index is 5.79. The third-order valence-corrected chi connectivity index (χ3v) is 6.46. The van der Waals surface area contributed by atoms with Crippen molar-refractivity contribution in [3.8, 4) is 22.5 Å². The number of benzene rings is 2. The Morgan fingerprint density at radius 1 is 0.917 bits per heavy atom. The number of methoxy groups -OCH3 is 2. The van der Waals surface area contributed by atoms with Crippen LogP contribution in [0.4, 0.5) is 0 Å². The van der Waals surface area contributed by atoms with Crippen LogP contribution in [-0.2, 0) is 28.2 Å². The van der Waals surface area contributed by atoms with Gasteiger partial charge in [-0.05, 0) is 33.5 Å². The molecule has 9 heteroatoms. The normalized spacial score (nSPS) is 11.8. The van der Waals surface area contributed by atoms with Crippen LogP contribution < -0.4 is 0 Å². The van der Waals surface area contributed by atoms with E-state index in [1.54, 1.807) is 14.2 Å². The van der Waals surface area contributed by atoms with Crippen LogP contribution in [-0.4, -0.2) is 49.6 Å². The van der Waals surface area contributed by atoms with Crippen molar-refractivity contribution in [2.75, 3.05) is 14.2 Å². The van der Waals surface area contributed by atoms with E-state index >= 15 is 0 Å². The van der Waals surface area contributed by atoms with Crippen molar-refractivity contribution in [3.05, 3.63) is 65.7 Å². The van der Waals surface area contributed by atoms with E-state index in [1.165, 1.54) is 0 Å². The predicted molar refractivity (Wildman–Crippen MR) is 138 cm³/mol. The highest BCUT2D eigenvalue weighted by molar-refractivity contribution is 5.80. The molecule has 0 saturated carbocycles. The average Bonchev–Trinajstić information content (AvgIpc) is 3.59. The van der Waals surface area contributed by atoms with Gasteiger partial charge in [0.25, 0.3) is 0 Å². The topological polar surface area (TPSA) is 104 Å². The highest BCUT2D eigenvalue weighted by atomic mass is 16.7. The number of nitrogens with zero attached hydrogens (tertiary/aromatic N) is 6. The van der Waals surface area contributed by atoms with Gasteiger partial charge in [-0.15, -0.1) is 10.2 Å². The summed E-state index contributed by atoms with van der Waals surface area (Å²) in [6.45, 7) is 4.93. The molecule has 0 bridgehead atoms. The second-order valence-corrected chi connectivity index (χ2v) is 8.87. The molecule has 4 aromatic rings. The van der Waals surface area contributed by atoms with Gasteiger partial charge < -0.3 is 9.47 Å². The van der Waals surface area contributed by atoms with E-state index in [-0.39, 0.29) is 0 Å². The lowest BCUT2D eigenvalue weighted by atomic mass is 9.98. The zero-order valence-electron chi connectivity index (χ0n) is 21.6. The van der Waals surface area contributed by atoms with Crippen molar-refractivity contribution < 1.29 is 9.47 Å². The molecule has 0 spiro atoms. The lowest BCUT2D eigenvalue weighted by Gasteiger charge is -2.27. The van der Waals surface area contributed by atoms with Gasteiger partial charge in [0, 0.05) is 32.6 Å². The molecule has 0 aliphatic carbocycles. The van der Waals surface area contributed by atoms with Crippen LogP contribution in [0.15, 0.2) is 48.5 Å². The second kappa shape index (κ2) is 12.0. The van der Waals surface area contributed by atoms with Gasteiger partial charge in [0.2, 0.25) is 11.6 Å². The molecule has 0 aliphatic rings. The minimum Gasteiger partial charge on any atom is -0.347 e. The molecule has 9 nitrogen and oxygen atoms in total. The average molecular weight is 490 g/mol. The molecule has 0 radical (unpaired) electrons. The third-order valence-electron chi connectivity index (χ3n) is 6.46. The van der Waals surface area contributed by atoms with Gasteiger partial charge in [-0.3, -0.25) is 0 Å². The smallest absolute Gasteiger partial charge is 0.231 e. The molecule has 0 fully saturated rings. The molecular formula is C27H35N7O2. The molecule has 190 valence electrons. The fourth-order valence-corrected chi connectivity index (χ4v) is 4.47. The Morgan fingerprint density at radius 3 is 2.31 bits per heavy atom. The summed E-state index contributed by atoms with van der Waals surface area (Å²) in [5.74, 6) is 1.27. The number of hydrogen-bond acceptors (Lipinski definition) is 7. The summed E-state index contributed by atoms with van der Waals surface area (Å²) in [7, 11) is 3.31. The van der Waals surface area contributed by atoms with Crippen molar-refractivity contribution in [2.24, 2.45) is 0 Å². The Balaban J connectivity index is 1.61. The molecule has 0 saturated heterocycles. The van der Waals surface area contributed by atoms with E-state index in [4.69, 9.17) is 19.6 Å². The summed E-state index contributed by atoms with van der Waals surface area (Å²) in [4.78, 5) is 4.90. The summed E-state index contributed by atoms with van der Waals surface area (Å²) >= 11 is 0. The second-order valence-electron chi connectivity index (χ2n) is 8.87. The van der Waals surface area contributed by atoms with E-state index in [1.807, 2.05) is 22.9 Å². The number of hydrogen-bond donors (Lipinski definition) is 1. The Morgan fingerprint density at radius 2 is 1.67 bits per heavy atom. The Labute approximate surface area is 212 Å². The third kappa shape index (κ3) is 5.52. The van der Waals surface area contributed by atoms with Crippen LogP contribution >= 0.6 is 0 Å². The van der Waals surface area contributed by atoms with E-state index in [0.29, 0.717) is 24.6 Å². The maximum atomic E-state index is 5.79. The number of aromatic amines is 1. The molecule has 0 aliphatic heterocycles. The van der Waals surface area contributed by atoms with E-state index in [9.17, 15) is 0 Å². The van der Waals surface area contributed by atoms with Crippen LogP contribution in [0.5, 0.6) is 0 Å². The van der Waals surface area contributed by atoms with Crippen molar-refractivity contribution in [1.29, 1.82) is 0 Å². The molecule has 0 unspecified atom stereocenters. The Bertz CT molecular complexity index is 1220. The number of aromatic nitrogens is 7. The monoisotopic (exact) mass is 489 g/mol. The summed E-state index contributed by atoms with van der Waals surface area (Å²) in [6.07, 6.45) is 5.84. The van der Waals surface area contributed by atoms with Crippen LogP contribution in [0.1, 0.15) is 63.2 Å². The highest BCUT2D eigenvalue weighted by Crippen LogP contribution is 2.31. The van der Waals surface area contributed by atoms with E-state index in [2.05, 4.69) is 64.8 Å². The zero-order chi connectivity index (χ0) is 25.4. The van der Waals surface area contributed by atoms with Crippen LogP contribution in [0, 0.1) is 0 Å². The van der Waals surface area contributed by atoms with Gasteiger partial charge in [-0.2, -0.15) is 0 Å². The van der Waals surface area contributed by atoms with Crippen molar-refractivity contribution >= 4 is 0 Å². The van der Waals surface area contributed by atoms with Crippen molar-refractivity contribution in [3.63, 3.8) is 0 Å². The first-order valence-electron chi connectivity index (χ1n) is 12.6. The summed E-state index contributed by atoms with van der Waals surface area (Å²) in [6, 6.07) is 16.6. The number of tetrazole rings is 1. The first-order chi connectivity index (χ1) is 17.6. The largest absolute Gasteiger partial charge is 0.347 e. The number of rotatable bonds is 13. The van der Waals surface area contributed by atoms with Gasteiger partial charge in [0.15, 0.2) is 5.82 Å². The SMILES string of the molecule is CCCCCc1nc(C(CCC)(OC)OC)nn1Cc1ccc(-c2ccccc2-c2nnn[nH]2)cc1. The van der Waals surface area contributed by atoms with Gasteiger partial charge in [-0.25, -0.2) is 14.8 Å². The minimum absolute atomic E-state index is 0.590. The molecule has 2 aromatic heterocycles. The van der Waals surface area contributed by atoms with Gasteiger partial charge in [0.05, 0.1) is 6.54 Å². The Kier molecular flexibility index (Phi) is 8.56. The predicted octanol–water partition coefficient (Wildman–Crippen LogP) is 5.15. The van der Waals surface area contributed by atoms with Gasteiger partial charge in [0.1, 0.15) is 5.82 Å². The molecule has 0 amide bonds. The van der Waals surface area contributed by atoms with E-state index in [0.717, 1.165) is 60.2 Å². The molecule has 0 atom stereocenters. The summed E-state index contributed by atoms with van der Waals surface area (Å²) in [5.41, 5.74) is 4.26. The number of aryl methyl sites for hydroxylation is 1. The standard InChI is InChI=1S/C27H35N7O2/c1-5-7-8-13-24-28-26(27(35-3,36-4)18-6-2)31-34(24)19-20-14-16-21(17-15-20)22-11-9-10-12-23(22)25-29-32-33-30-25/h9-12,14-17H,5-8,13,18-19H2,1-4H3,(H,29,30,32,33). The molecule has 2 aromatic carbocycles. The lowest BCUT2D eigenvalue weighted by molar-refractivity contribution is -0.225. The van der Waals surface area contributed by atoms with Crippen LogP contribution in [0.3, 0.4) is 0 Å². The number of nitrogens with one attached hydrogen (secondary N) is 1. The molecule has 2 heterocycles. The van der Waals surface area contributed by atoms with Gasteiger partial charge >= 0.3 is 0 Å². The Hall–Kier alpha value is -3.43. The molecule has 1 N–H and O–H groups in total. The fraction of sp³-hybridized carbons (Fsp3) is 0.444. The van der Waals surface area contributed by atoms with Crippen LogP contribution in [0.25, 0.3) is 22.5 Å². The van der Waals surface area contributed by atoms with E-state index < -0.39 is 5.79 Å². The first kappa shape index (κ1) is 25.7. The molecular weight excluding hydrogens is 454 g/mol. The molecule has 4 rings (SSSR count). The maximum Gasteiger partial charge on any atom is 0.231 e. The van der Waals surface area contributed by atoms with Crippen molar-refractivity contribution in [1.82, 2.24) is 35.4 Å². The highest BCUT2D eigenvalue weighted by Gasteiger charge is 2.36. The van der Waals surface area contributed by atoms with Crippen LogP contribution in [0.2, 0.25) is 0 Å². The number of ether oxygens (including phenoxy) is 2. The lowest BCUT2D eigenvalue weighted by Crippen LogP contribution is -2.32. The summed E-state index contributed by atoms with van der Waals surface area (Å²) < 4.78 is 13.6. The molecule has 36 heavy (non-hydrogen) atoms. The number of H-pyrrole nitrogens is 1. The van der Waals surface area contributed by atoms with Gasteiger partial charge in [-0.1, -0.05) is 81.6 Å². The quantitative estimate of drug-likeness (QED) is 0.204. The fourth-order valence-electron chi connectivity index (χ4n) is 4.47. The number of unbranched alkanes of at least 4 members (excludes halogenated alkanes) is 2.